The van der Waals surface area contributed by atoms with Crippen molar-refractivity contribution in [2.45, 2.75) is 72.6 Å². The van der Waals surface area contributed by atoms with Gasteiger partial charge in [-0.25, -0.2) is 0 Å². The number of likely N-dealkylation sites (tertiary alicyclic amines) is 2. The monoisotopic (exact) mass is 474 g/mol. The molecular formula is C32H46N2O. The molecule has 2 saturated heterocycles. The van der Waals surface area contributed by atoms with Crippen LogP contribution in [0.15, 0.2) is 71.9 Å². The van der Waals surface area contributed by atoms with E-state index in [-0.39, 0.29) is 5.41 Å². The molecule has 0 bridgehead atoms. The van der Waals surface area contributed by atoms with E-state index in [4.69, 9.17) is 0 Å². The first kappa shape index (κ1) is 27.2. The van der Waals surface area contributed by atoms with Crippen molar-refractivity contribution in [2.24, 2.45) is 5.41 Å². The van der Waals surface area contributed by atoms with E-state index in [0.29, 0.717) is 12.3 Å². The molecule has 2 heterocycles. The Morgan fingerprint density at radius 1 is 1.00 bits per heavy atom. The number of amides is 1. The van der Waals surface area contributed by atoms with Gasteiger partial charge >= 0.3 is 0 Å². The van der Waals surface area contributed by atoms with Crippen LogP contribution < -0.4 is 0 Å². The van der Waals surface area contributed by atoms with Gasteiger partial charge in [0.25, 0.3) is 0 Å². The van der Waals surface area contributed by atoms with Gasteiger partial charge in [-0.15, -0.1) is 0 Å². The van der Waals surface area contributed by atoms with Gasteiger partial charge in [0.05, 0.1) is 0 Å². The number of allylic oxidation sites excluding steroid dienone is 7. The highest BCUT2D eigenvalue weighted by molar-refractivity contribution is 5.84. The zero-order valence-corrected chi connectivity index (χ0v) is 22.6. The van der Waals surface area contributed by atoms with Crippen LogP contribution in [0.4, 0.5) is 0 Å². The number of rotatable bonds is 8. The third kappa shape index (κ3) is 8.35. The number of hydrogen-bond acceptors (Lipinski definition) is 2. The van der Waals surface area contributed by atoms with E-state index in [2.05, 4.69) is 98.2 Å². The summed E-state index contributed by atoms with van der Waals surface area (Å²) in [7, 11) is 0. The van der Waals surface area contributed by atoms with Gasteiger partial charge in [0.1, 0.15) is 0 Å². The maximum absolute atomic E-state index is 12.9. The molecule has 1 aromatic rings. The Hall–Kier alpha value is -2.39. The maximum Gasteiger partial charge on any atom is 0.222 e. The van der Waals surface area contributed by atoms with Crippen molar-refractivity contribution in [3.63, 3.8) is 0 Å². The van der Waals surface area contributed by atoms with Gasteiger partial charge in [0.15, 0.2) is 0 Å². The molecule has 35 heavy (non-hydrogen) atoms. The summed E-state index contributed by atoms with van der Waals surface area (Å²) in [5, 5.41) is 0. The number of benzene rings is 1. The number of nitrogens with zero attached hydrogens (tertiary/aromatic N) is 2. The number of carbonyl (C=O) groups excluding carboxylic acids is 1. The SMILES string of the molecule is C\C=C/C=C(\C=C/C)C(=C1CCN(CCCC(=O)N2CCCCC(C)(C)C2)CC1)c1ccccc1. The third-order valence-corrected chi connectivity index (χ3v) is 7.35. The lowest BCUT2D eigenvalue weighted by Crippen LogP contribution is -2.38. The number of piperidine rings is 1. The second-order valence-electron chi connectivity index (χ2n) is 10.9. The fourth-order valence-corrected chi connectivity index (χ4v) is 5.48. The van der Waals surface area contributed by atoms with Crippen LogP contribution >= 0.6 is 0 Å². The molecule has 2 aliphatic rings. The predicted molar refractivity (Wildman–Crippen MR) is 150 cm³/mol. The fraction of sp³-hybridized carbons (Fsp3) is 0.531. The third-order valence-electron chi connectivity index (χ3n) is 7.35. The molecule has 0 saturated carbocycles. The minimum atomic E-state index is 0.255. The molecule has 0 aromatic heterocycles. The molecule has 0 aliphatic carbocycles. The fourth-order valence-electron chi connectivity index (χ4n) is 5.48. The summed E-state index contributed by atoms with van der Waals surface area (Å²) in [5.74, 6) is 0.356. The smallest absolute Gasteiger partial charge is 0.222 e. The van der Waals surface area contributed by atoms with Gasteiger partial charge < -0.3 is 9.80 Å². The zero-order valence-electron chi connectivity index (χ0n) is 22.6. The molecule has 190 valence electrons. The Labute approximate surface area is 214 Å². The lowest BCUT2D eigenvalue weighted by atomic mass is 9.87. The van der Waals surface area contributed by atoms with E-state index < -0.39 is 0 Å². The van der Waals surface area contributed by atoms with Crippen molar-refractivity contribution in [3.05, 3.63) is 77.4 Å². The van der Waals surface area contributed by atoms with Crippen LogP contribution in [-0.2, 0) is 4.79 Å². The van der Waals surface area contributed by atoms with E-state index in [1.54, 1.807) is 5.57 Å². The van der Waals surface area contributed by atoms with Crippen molar-refractivity contribution in [3.8, 4) is 0 Å². The largest absolute Gasteiger partial charge is 0.342 e. The van der Waals surface area contributed by atoms with Gasteiger partial charge in [0.2, 0.25) is 5.91 Å². The summed E-state index contributed by atoms with van der Waals surface area (Å²) >= 11 is 0. The topological polar surface area (TPSA) is 23.6 Å². The van der Waals surface area contributed by atoms with Crippen LogP contribution in [0.25, 0.3) is 5.57 Å². The molecule has 0 spiro atoms. The zero-order chi connectivity index (χ0) is 25.1. The average Bonchev–Trinajstić information content (AvgIpc) is 3.04. The van der Waals surface area contributed by atoms with Crippen molar-refractivity contribution in [1.82, 2.24) is 9.80 Å². The van der Waals surface area contributed by atoms with E-state index in [9.17, 15) is 4.79 Å². The van der Waals surface area contributed by atoms with E-state index >= 15 is 0 Å². The van der Waals surface area contributed by atoms with Crippen molar-refractivity contribution in [2.75, 3.05) is 32.7 Å². The molecule has 2 aliphatic heterocycles. The number of hydrogen-bond donors (Lipinski definition) is 0. The first-order valence-corrected chi connectivity index (χ1v) is 13.7. The van der Waals surface area contributed by atoms with E-state index in [1.165, 1.54) is 29.6 Å². The summed E-state index contributed by atoms with van der Waals surface area (Å²) in [5.41, 5.74) is 5.78. The second kappa shape index (κ2) is 13.6. The Kier molecular flexibility index (Phi) is 10.6. The Morgan fingerprint density at radius 3 is 2.43 bits per heavy atom. The van der Waals surface area contributed by atoms with Crippen molar-refractivity contribution < 1.29 is 4.79 Å². The number of carbonyl (C=O) groups is 1. The molecule has 1 aromatic carbocycles. The summed E-state index contributed by atoms with van der Waals surface area (Å²) < 4.78 is 0. The Balaban J connectivity index is 1.61. The molecule has 0 atom stereocenters. The minimum Gasteiger partial charge on any atom is -0.342 e. The van der Waals surface area contributed by atoms with Crippen LogP contribution in [0.2, 0.25) is 0 Å². The quantitative estimate of drug-likeness (QED) is 0.366. The highest BCUT2D eigenvalue weighted by Gasteiger charge is 2.27. The molecule has 2 fully saturated rings. The van der Waals surface area contributed by atoms with Crippen molar-refractivity contribution in [1.29, 1.82) is 0 Å². The highest BCUT2D eigenvalue weighted by atomic mass is 16.2. The molecule has 3 heteroatoms. The van der Waals surface area contributed by atoms with Crippen LogP contribution in [0, 0.1) is 5.41 Å². The normalized spacial score (nSPS) is 19.9. The molecule has 0 radical (unpaired) electrons. The maximum atomic E-state index is 12.9. The van der Waals surface area contributed by atoms with Gasteiger partial charge in [-0.3, -0.25) is 4.79 Å². The Bertz CT molecular complexity index is 926. The molecular weight excluding hydrogens is 428 g/mol. The van der Waals surface area contributed by atoms with Gasteiger partial charge in [0, 0.05) is 32.6 Å². The van der Waals surface area contributed by atoms with Crippen molar-refractivity contribution >= 4 is 11.5 Å². The molecule has 3 rings (SSSR count). The Morgan fingerprint density at radius 2 is 1.74 bits per heavy atom. The summed E-state index contributed by atoms with van der Waals surface area (Å²) in [6.07, 6.45) is 18.3. The van der Waals surface area contributed by atoms with Crippen LogP contribution in [-0.4, -0.2) is 48.4 Å². The average molecular weight is 475 g/mol. The lowest BCUT2D eigenvalue weighted by Gasteiger charge is -2.31. The molecule has 1 amide bonds. The molecule has 0 N–H and O–H groups in total. The van der Waals surface area contributed by atoms with Gasteiger partial charge in [-0.2, -0.15) is 0 Å². The minimum absolute atomic E-state index is 0.255. The summed E-state index contributed by atoms with van der Waals surface area (Å²) in [6, 6.07) is 10.8. The summed E-state index contributed by atoms with van der Waals surface area (Å²) in [4.78, 5) is 17.6. The van der Waals surface area contributed by atoms with Crippen LogP contribution in [0.1, 0.15) is 78.2 Å². The standard InChI is InChI=1S/C32H46N2O/c1-5-7-15-27(14-6-2)31(28-16-9-8-10-17-28)29-19-24-33(25-20-29)22-13-18-30(35)34-23-12-11-21-32(3,4)26-34/h5-10,14-17H,11-13,18-26H2,1-4H3/b7-5-,14-6-,27-15+. The second-order valence-corrected chi connectivity index (χ2v) is 10.9. The molecule has 3 nitrogen and oxygen atoms in total. The first-order valence-electron chi connectivity index (χ1n) is 13.7. The van der Waals surface area contributed by atoms with Crippen LogP contribution in [0.3, 0.4) is 0 Å². The van der Waals surface area contributed by atoms with Gasteiger partial charge in [-0.05, 0) is 74.6 Å². The van der Waals surface area contributed by atoms with E-state index in [0.717, 1.165) is 58.4 Å². The predicted octanol–water partition coefficient (Wildman–Crippen LogP) is 7.43. The first-order chi connectivity index (χ1) is 16.9. The van der Waals surface area contributed by atoms with E-state index in [1.807, 2.05) is 0 Å². The van der Waals surface area contributed by atoms with Gasteiger partial charge in [-0.1, -0.05) is 86.6 Å². The highest BCUT2D eigenvalue weighted by Crippen LogP contribution is 2.33. The molecule has 0 unspecified atom stereocenters. The summed E-state index contributed by atoms with van der Waals surface area (Å²) in [6.45, 7) is 13.8. The lowest BCUT2D eigenvalue weighted by molar-refractivity contribution is -0.132. The van der Waals surface area contributed by atoms with Crippen LogP contribution in [0.5, 0.6) is 0 Å².